The van der Waals surface area contributed by atoms with Gasteiger partial charge in [-0.3, -0.25) is 4.99 Å². The molecule has 1 heterocycles. The lowest BCUT2D eigenvalue weighted by Gasteiger charge is -2.22. The summed E-state index contributed by atoms with van der Waals surface area (Å²) in [5.41, 5.74) is 3.05. The van der Waals surface area contributed by atoms with Crippen molar-refractivity contribution in [3.63, 3.8) is 0 Å². The number of nitrogens with zero attached hydrogens (tertiary/aromatic N) is 1. The quantitative estimate of drug-likeness (QED) is 0.891. The van der Waals surface area contributed by atoms with E-state index in [1.807, 2.05) is 30.3 Å². The summed E-state index contributed by atoms with van der Waals surface area (Å²) >= 11 is 5.90. The van der Waals surface area contributed by atoms with Gasteiger partial charge in [0.1, 0.15) is 5.82 Å². The fraction of sp³-hybridized carbons (Fsp3) is 0.167. The predicted octanol–water partition coefficient (Wildman–Crippen LogP) is 4.34. The molecule has 2 aromatic carbocycles. The van der Waals surface area contributed by atoms with Crippen LogP contribution in [-0.4, -0.2) is 11.8 Å². The molecule has 0 fully saturated rings. The van der Waals surface area contributed by atoms with Gasteiger partial charge >= 0.3 is 0 Å². The van der Waals surface area contributed by atoms with Gasteiger partial charge in [-0.15, -0.1) is 0 Å². The Balaban J connectivity index is 1.72. The molecule has 1 aliphatic rings. The summed E-state index contributed by atoms with van der Waals surface area (Å²) in [5.74, 6) is -0.235. The summed E-state index contributed by atoms with van der Waals surface area (Å²) in [7, 11) is 0. The molecule has 1 aliphatic heterocycles. The van der Waals surface area contributed by atoms with E-state index in [0.29, 0.717) is 0 Å². The largest absolute Gasteiger partial charge is 0.304 e. The predicted molar refractivity (Wildman–Crippen MR) is 88.8 cm³/mol. The first-order chi connectivity index (χ1) is 10.7. The van der Waals surface area contributed by atoms with Gasteiger partial charge in [0.15, 0.2) is 0 Å². The lowest BCUT2D eigenvalue weighted by Crippen LogP contribution is -2.37. The van der Waals surface area contributed by atoms with Gasteiger partial charge in [0.25, 0.3) is 0 Å². The second-order valence-electron chi connectivity index (χ2n) is 5.20. The summed E-state index contributed by atoms with van der Waals surface area (Å²) < 4.78 is 13.1. The number of benzene rings is 2. The van der Waals surface area contributed by atoms with Crippen molar-refractivity contribution in [2.75, 3.05) is 0 Å². The molecule has 1 atom stereocenters. The van der Waals surface area contributed by atoms with Crippen LogP contribution in [0.2, 0.25) is 5.02 Å². The van der Waals surface area contributed by atoms with Crippen LogP contribution in [0.5, 0.6) is 0 Å². The average molecular weight is 315 g/mol. The molecule has 1 N–H and O–H groups in total. The van der Waals surface area contributed by atoms with Crippen molar-refractivity contribution in [2.24, 2.45) is 4.99 Å². The monoisotopic (exact) mass is 314 g/mol. The fourth-order valence-electron chi connectivity index (χ4n) is 2.45. The van der Waals surface area contributed by atoms with Crippen LogP contribution in [0, 0.1) is 5.82 Å². The Kier molecular flexibility index (Phi) is 4.66. The van der Waals surface area contributed by atoms with Crippen molar-refractivity contribution in [2.45, 2.75) is 19.0 Å². The van der Waals surface area contributed by atoms with Crippen LogP contribution in [0.3, 0.4) is 0 Å². The number of aliphatic imine (C=N–C) groups is 1. The van der Waals surface area contributed by atoms with Gasteiger partial charge in [0, 0.05) is 17.8 Å². The number of hydrogen-bond acceptors (Lipinski definition) is 2. The Bertz CT molecular complexity index is 690. The highest BCUT2D eigenvalue weighted by atomic mass is 35.5. The molecule has 2 aromatic rings. The SMILES string of the molecule is Fc1ccc(C2=NC=CCC2NCc2ccc(Cl)cc2)cc1. The molecular weight excluding hydrogens is 299 g/mol. The molecule has 1 unspecified atom stereocenters. The molecule has 0 aromatic heterocycles. The van der Waals surface area contributed by atoms with Crippen molar-refractivity contribution < 1.29 is 4.39 Å². The molecule has 4 heteroatoms. The summed E-state index contributed by atoms with van der Waals surface area (Å²) in [6.45, 7) is 0.732. The number of halogens is 2. The van der Waals surface area contributed by atoms with E-state index in [2.05, 4.69) is 10.3 Å². The van der Waals surface area contributed by atoms with Crippen LogP contribution < -0.4 is 5.32 Å². The van der Waals surface area contributed by atoms with Crippen molar-refractivity contribution in [1.29, 1.82) is 0 Å². The van der Waals surface area contributed by atoms with Crippen LogP contribution >= 0.6 is 11.6 Å². The van der Waals surface area contributed by atoms with Crippen molar-refractivity contribution in [3.05, 3.63) is 82.8 Å². The van der Waals surface area contributed by atoms with E-state index < -0.39 is 0 Å². The van der Waals surface area contributed by atoms with E-state index in [9.17, 15) is 4.39 Å². The van der Waals surface area contributed by atoms with Gasteiger partial charge in [-0.05, 0) is 41.8 Å². The minimum atomic E-state index is -0.235. The maximum atomic E-state index is 13.1. The van der Waals surface area contributed by atoms with E-state index in [1.54, 1.807) is 18.3 Å². The number of nitrogens with one attached hydrogen (secondary N) is 1. The van der Waals surface area contributed by atoms with Crippen molar-refractivity contribution in [1.82, 2.24) is 5.32 Å². The lowest BCUT2D eigenvalue weighted by molar-refractivity contribution is 0.617. The maximum Gasteiger partial charge on any atom is 0.123 e. The molecule has 0 aliphatic carbocycles. The van der Waals surface area contributed by atoms with Crippen molar-refractivity contribution in [3.8, 4) is 0 Å². The maximum absolute atomic E-state index is 13.1. The van der Waals surface area contributed by atoms with Crippen molar-refractivity contribution >= 4 is 17.3 Å². The van der Waals surface area contributed by atoms with Crippen LogP contribution in [0.4, 0.5) is 4.39 Å². The smallest absolute Gasteiger partial charge is 0.123 e. The molecule has 0 bridgehead atoms. The lowest BCUT2D eigenvalue weighted by atomic mass is 9.98. The Labute approximate surface area is 134 Å². The highest BCUT2D eigenvalue weighted by Gasteiger charge is 2.18. The normalized spacial score (nSPS) is 17.4. The minimum Gasteiger partial charge on any atom is -0.304 e. The molecule has 0 amide bonds. The van der Waals surface area contributed by atoms with E-state index in [4.69, 9.17) is 11.6 Å². The summed E-state index contributed by atoms with van der Waals surface area (Å²) in [6, 6.07) is 14.4. The van der Waals surface area contributed by atoms with E-state index in [-0.39, 0.29) is 11.9 Å². The van der Waals surface area contributed by atoms with Gasteiger partial charge in [0.2, 0.25) is 0 Å². The first-order valence-electron chi connectivity index (χ1n) is 7.19. The third-order valence-electron chi connectivity index (χ3n) is 3.63. The van der Waals surface area contributed by atoms with Crippen LogP contribution in [-0.2, 0) is 6.54 Å². The molecule has 0 saturated carbocycles. The molecule has 0 saturated heterocycles. The third-order valence-corrected chi connectivity index (χ3v) is 3.88. The van der Waals surface area contributed by atoms with Gasteiger partial charge in [-0.1, -0.05) is 41.9 Å². The molecule has 112 valence electrons. The second-order valence-corrected chi connectivity index (χ2v) is 5.64. The molecule has 0 spiro atoms. The van der Waals surface area contributed by atoms with E-state index in [0.717, 1.165) is 34.8 Å². The average Bonchev–Trinajstić information content (AvgIpc) is 2.55. The summed E-state index contributed by atoms with van der Waals surface area (Å²) in [5, 5.41) is 4.24. The standard InChI is InChI=1S/C18H16ClFN2/c19-15-7-3-13(4-8-15)12-22-17-2-1-11-21-18(17)14-5-9-16(20)10-6-14/h1,3-11,17,22H,2,12H2. The van der Waals surface area contributed by atoms with Crippen LogP contribution in [0.15, 0.2) is 65.8 Å². The third kappa shape index (κ3) is 3.62. The summed E-state index contributed by atoms with van der Waals surface area (Å²) in [6.07, 6.45) is 4.70. The topological polar surface area (TPSA) is 24.4 Å². The zero-order valence-corrected chi connectivity index (χ0v) is 12.7. The molecule has 22 heavy (non-hydrogen) atoms. The zero-order valence-electron chi connectivity index (χ0n) is 12.0. The van der Waals surface area contributed by atoms with Gasteiger partial charge in [0.05, 0.1) is 11.8 Å². The van der Waals surface area contributed by atoms with E-state index >= 15 is 0 Å². The molecule has 2 nitrogen and oxygen atoms in total. The zero-order chi connectivity index (χ0) is 15.4. The van der Waals surface area contributed by atoms with Crippen LogP contribution in [0.1, 0.15) is 17.5 Å². The van der Waals surface area contributed by atoms with Gasteiger partial charge in [-0.2, -0.15) is 0 Å². The Hall–Kier alpha value is -1.97. The van der Waals surface area contributed by atoms with E-state index in [1.165, 1.54) is 12.1 Å². The highest BCUT2D eigenvalue weighted by molar-refractivity contribution is 6.30. The fourth-order valence-corrected chi connectivity index (χ4v) is 2.58. The Morgan fingerprint density at radius 3 is 2.55 bits per heavy atom. The summed E-state index contributed by atoms with van der Waals surface area (Å²) in [4.78, 5) is 4.47. The number of rotatable bonds is 4. The molecule has 0 radical (unpaired) electrons. The first kappa shape index (κ1) is 14.9. The first-order valence-corrected chi connectivity index (χ1v) is 7.56. The Morgan fingerprint density at radius 1 is 1.09 bits per heavy atom. The highest BCUT2D eigenvalue weighted by Crippen LogP contribution is 2.15. The van der Waals surface area contributed by atoms with Crippen LogP contribution in [0.25, 0.3) is 0 Å². The molecule has 3 rings (SSSR count). The number of hydrogen-bond donors (Lipinski definition) is 1. The second kappa shape index (κ2) is 6.86. The van der Waals surface area contributed by atoms with Gasteiger partial charge < -0.3 is 5.32 Å². The Morgan fingerprint density at radius 2 is 1.82 bits per heavy atom. The minimum absolute atomic E-state index is 0.117. The van der Waals surface area contributed by atoms with Gasteiger partial charge in [-0.25, -0.2) is 4.39 Å². The molecular formula is C18H16ClFN2.